The first-order chi connectivity index (χ1) is 10.0. The molecule has 21 heavy (non-hydrogen) atoms. The van der Waals surface area contributed by atoms with Crippen LogP contribution in [0.5, 0.6) is 5.75 Å². The molecule has 0 amide bonds. The van der Waals surface area contributed by atoms with Crippen LogP contribution in [0.15, 0.2) is 53.4 Å². The predicted molar refractivity (Wildman–Crippen MR) is 81.2 cm³/mol. The van der Waals surface area contributed by atoms with Gasteiger partial charge in [-0.05, 0) is 36.4 Å². The lowest BCUT2D eigenvalue weighted by atomic mass is 10.2. The number of ether oxygens (including phenoxy) is 1. The molecule has 0 aliphatic heterocycles. The smallest absolute Gasteiger partial charge is 0.335 e. The Bertz CT molecular complexity index is 630. The Labute approximate surface area is 126 Å². The molecular formula is C15H15NO4S. The summed E-state index contributed by atoms with van der Waals surface area (Å²) in [4.78, 5) is 11.3. The third-order valence-electron chi connectivity index (χ3n) is 2.97. The summed E-state index contributed by atoms with van der Waals surface area (Å²) in [6.45, 7) is 0. The fourth-order valence-corrected chi connectivity index (χ4v) is 2.76. The molecule has 0 fully saturated rings. The first kappa shape index (κ1) is 15.2. The molecular weight excluding hydrogens is 290 g/mol. The Morgan fingerprint density at radius 3 is 2.48 bits per heavy atom. The average Bonchev–Trinajstić information content (AvgIpc) is 2.53. The van der Waals surface area contributed by atoms with Gasteiger partial charge in [0.15, 0.2) is 4.90 Å². The zero-order valence-electron chi connectivity index (χ0n) is 11.6. The number of methoxy groups -OCH3 is 1. The summed E-state index contributed by atoms with van der Waals surface area (Å²) in [5.74, 6) is -0.328. The summed E-state index contributed by atoms with van der Waals surface area (Å²) in [6.07, 6.45) is 0. The van der Waals surface area contributed by atoms with E-state index in [0.29, 0.717) is 10.6 Å². The van der Waals surface area contributed by atoms with Crippen molar-refractivity contribution in [1.29, 1.82) is 0 Å². The number of rotatable bonds is 5. The van der Waals surface area contributed by atoms with Gasteiger partial charge in [-0.3, -0.25) is 0 Å². The molecule has 0 saturated heterocycles. The minimum absolute atomic E-state index is 0.166. The molecule has 0 saturated carbocycles. The summed E-state index contributed by atoms with van der Waals surface area (Å²) in [7, 11) is 3.27. The van der Waals surface area contributed by atoms with Crippen molar-refractivity contribution in [3.8, 4) is 5.75 Å². The Kier molecular flexibility index (Phi) is 4.72. The van der Waals surface area contributed by atoms with E-state index in [1.54, 1.807) is 36.7 Å². The van der Waals surface area contributed by atoms with E-state index in [2.05, 4.69) is 0 Å². The summed E-state index contributed by atoms with van der Waals surface area (Å²) in [6, 6.07) is 13.2. The number of carboxylic acids is 1. The first-order valence-corrected chi connectivity index (χ1v) is 7.26. The molecule has 0 aliphatic carbocycles. The van der Waals surface area contributed by atoms with Crippen molar-refractivity contribution in [2.24, 2.45) is 0 Å². The van der Waals surface area contributed by atoms with Crippen molar-refractivity contribution in [2.75, 3.05) is 18.5 Å². The Balaban J connectivity index is 2.21. The van der Waals surface area contributed by atoms with Gasteiger partial charge >= 0.3 is 5.97 Å². The molecule has 0 aliphatic rings. The lowest BCUT2D eigenvalue weighted by Crippen LogP contribution is -2.26. The molecule has 5 nitrogen and oxygen atoms in total. The molecule has 2 aromatic rings. The zero-order chi connectivity index (χ0) is 15.4. The number of anilines is 1. The van der Waals surface area contributed by atoms with Crippen LogP contribution >= 0.6 is 0 Å². The number of carboxylic acid groups (broad SMARTS) is 1. The minimum Gasteiger partial charge on any atom is -0.588 e. The Hall–Kier alpha value is -2.18. The Morgan fingerprint density at radius 2 is 1.90 bits per heavy atom. The van der Waals surface area contributed by atoms with Crippen LogP contribution in [0.25, 0.3) is 0 Å². The van der Waals surface area contributed by atoms with Crippen molar-refractivity contribution in [3.63, 3.8) is 0 Å². The number of benzene rings is 2. The van der Waals surface area contributed by atoms with Gasteiger partial charge < -0.3 is 14.4 Å². The van der Waals surface area contributed by atoms with Crippen LogP contribution < -0.4 is 9.04 Å². The SMILES string of the molecule is COc1cccc(N(C)[S+]([O-])c2ccc(C(=O)O)cc2)c1. The molecule has 0 aromatic heterocycles. The molecule has 6 heteroatoms. The number of hydrogen-bond acceptors (Lipinski definition) is 4. The lowest BCUT2D eigenvalue weighted by molar-refractivity contribution is 0.0697. The van der Waals surface area contributed by atoms with Crippen LogP contribution in [0.2, 0.25) is 0 Å². The minimum atomic E-state index is -1.43. The molecule has 1 N–H and O–H groups in total. The molecule has 0 bridgehead atoms. The van der Waals surface area contributed by atoms with Crippen LogP contribution in [0.4, 0.5) is 5.69 Å². The topological polar surface area (TPSA) is 72.8 Å². The van der Waals surface area contributed by atoms with E-state index >= 15 is 0 Å². The quantitative estimate of drug-likeness (QED) is 0.859. The number of nitrogens with zero attached hydrogens (tertiary/aromatic N) is 1. The van der Waals surface area contributed by atoms with Gasteiger partial charge in [0.1, 0.15) is 17.1 Å². The highest BCUT2D eigenvalue weighted by atomic mass is 32.2. The van der Waals surface area contributed by atoms with E-state index in [1.807, 2.05) is 18.2 Å². The molecule has 0 radical (unpaired) electrons. The van der Waals surface area contributed by atoms with Gasteiger partial charge in [-0.1, -0.05) is 6.07 Å². The fourth-order valence-electron chi connectivity index (χ4n) is 1.77. The highest BCUT2D eigenvalue weighted by Crippen LogP contribution is 2.25. The standard InChI is InChI=1S/C15H15NO4S/c1-16(12-4-3-5-13(10-12)20-2)21(19)14-8-6-11(7-9-14)15(17)18/h3-10H,1-2H3,(H,17,18). The van der Waals surface area contributed by atoms with E-state index in [9.17, 15) is 9.35 Å². The molecule has 2 rings (SSSR count). The maximum Gasteiger partial charge on any atom is 0.335 e. The molecule has 1 unspecified atom stereocenters. The maximum atomic E-state index is 12.5. The summed E-state index contributed by atoms with van der Waals surface area (Å²) in [5.41, 5.74) is 0.912. The highest BCUT2D eigenvalue weighted by Gasteiger charge is 2.20. The fraction of sp³-hybridized carbons (Fsp3) is 0.133. The average molecular weight is 305 g/mol. The second kappa shape index (κ2) is 6.51. The van der Waals surface area contributed by atoms with E-state index in [4.69, 9.17) is 9.84 Å². The van der Waals surface area contributed by atoms with Crippen molar-refractivity contribution >= 4 is 23.0 Å². The normalized spacial score (nSPS) is 11.8. The van der Waals surface area contributed by atoms with E-state index < -0.39 is 17.3 Å². The summed E-state index contributed by atoms with van der Waals surface area (Å²) < 4.78 is 19.2. The van der Waals surface area contributed by atoms with Crippen molar-refractivity contribution in [1.82, 2.24) is 0 Å². The van der Waals surface area contributed by atoms with E-state index in [0.717, 1.165) is 5.69 Å². The van der Waals surface area contributed by atoms with Gasteiger partial charge in [0.25, 0.3) is 0 Å². The number of hydrogen-bond donors (Lipinski definition) is 1. The van der Waals surface area contributed by atoms with Gasteiger partial charge in [0.05, 0.1) is 25.4 Å². The largest absolute Gasteiger partial charge is 0.588 e. The molecule has 2 aromatic carbocycles. The summed E-state index contributed by atoms with van der Waals surface area (Å²) in [5, 5.41) is 8.86. The molecule has 0 heterocycles. The van der Waals surface area contributed by atoms with Gasteiger partial charge in [-0.15, -0.1) is 0 Å². The second-order valence-electron chi connectivity index (χ2n) is 4.28. The zero-order valence-corrected chi connectivity index (χ0v) is 12.5. The van der Waals surface area contributed by atoms with Crippen molar-refractivity contribution in [3.05, 3.63) is 54.1 Å². The van der Waals surface area contributed by atoms with Gasteiger partial charge in [0, 0.05) is 6.07 Å². The monoisotopic (exact) mass is 305 g/mol. The van der Waals surface area contributed by atoms with Crippen molar-refractivity contribution in [2.45, 2.75) is 4.90 Å². The van der Waals surface area contributed by atoms with Gasteiger partial charge in [-0.2, -0.15) is 4.31 Å². The molecule has 1 atom stereocenters. The maximum absolute atomic E-state index is 12.5. The van der Waals surface area contributed by atoms with Crippen molar-refractivity contribution < 1.29 is 19.2 Å². The van der Waals surface area contributed by atoms with Crippen LogP contribution in [0, 0.1) is 0 Å². The van der Waals surface area contributed by atoms with E-state index in [-0.39, 0.29) is 5.56 Å². The van der Waals surface area contributed by atoms with Crippen LogP contribution in [0.3, 0.4) is 0 Å². The third kappa shape index (κ3) is 3.48. The first-order valence-electron chi connectivity index (χ1n) is 6.16. The Morgan fingerprint density at radius 1 is 1.24 bits per heavy atom. The summed E-state index contributed by atoms with van der Waals surface area (Å²) >= 11 is -1.43. The second-order valence-corrected chi connectivity index (χ2v) is 5.80. The van der Waals surface area contributed by atoms with Crippen LogP contribution in [-0.4, -0.2) is 29.8 Å². The van der Waals surface area contributed by atoms with Crippen LogP contribution in [-0.2, 0) is 11.4 Å². The number of carbonyl (C=O) groups is 1. The molecule has 110 valence electrons. The van der Waals surface area contributed by atoms with Crippen LogP contribution in [0.1, 0.15) is 10.4 Å². The highest BCUT2D eigenvalue weighted by molar-refractivity contribution is 7.92. The van der Waals surface area contributed by atoms with Gasteiger partial charge in [-0.25, -0.2) is 4.79 Å². The van der Waals surface area contributed by atoms with E-state index in [1.165, 1.54) is 12.1 Å². The predicted octanol–water partition coefficient (Wildman–Crippen LogP) is 2.55. The van der Waals surface area contributed by atoms with Gasteiger partial charge in [0.2, 0.25) is 0 Å². The molecule has 0 spiro atoms. The number of aromatic carboxylic acids is 1. The third-order valence-corrected chi connectivity index (χ3v) is 4.35. The lowest BCUT2D eigenvalue weighted by Gasteiger charge is -2.22.